The van der Waals surface area contributed by atoms with E-state index in [-0.39, 0.29) is 75.0 Å². The van der Waals surface area contributed by atoms with Crippen LogP contribution in [0.1, 0.15) is 72.7 Å². The fourth-order valence-electron chi connectivity index (χ4n) is 9.10. The molecule has 9 N–H and O–H groups in total. The smallest absolute Gasteiger partial charge is 0.271 e. The van der Waals surface area contributed by atoms with Crippen LogP contribution >= 0.6 is 0 Å². The number of carbonyl (C=O) groups excluding carboxylic acids is 4. The number of nitrogens with two attached hydrogens (primary N) is 2. The molecule has 4 amide bonds. The first-order valence-electron chi connectivity index (χ1n) is 21.5. The van der Waals surface area contributed by atoms with Gasteiger partial charge in [0.05, 0.1) is 36.6 Å². The van der Waals surface area contributed by atoms with Crippen LogP contribution in [0, 0.1) is 34.6 Å². The first kappa shape index (κ1) is 45.2. The Balaban J connectivity index is 1.02. The van der Waals surface area contributed by atoms with Crippen molar-refractivity contribution in [1.82, 2.24) is 30.4 Å². The van der Waals surface area contributed by atoms with Crippen molar-refractivity contribution in [2.24, 2.45) is 11.5 Å². The summed E-state index contributed by atoms with van der Waals surface area (Å²) in [5, 5.41) is 25.8. The summed E-state index contributed by atoms with van der Waals surface area (Å²) in [6.45, 7) is 9.15. The molecule has 0 saturated carbocycles. The van der Waals surface area contributed by atoms with Crippen LogP contribution in [0.4, 0.5) is 0 Å². The molecule has 15 heteroatoms. The number of aromatic amines is 1. The van der Waals surface area contributed by atoms with Crippen LogP contribution < -0.4 is 27.7 Å². The Morgan fingerprint density at radius 1 is 0.672 bits per heavy atom. The first-order valence-corrected chi connectivity index (χ1v) is 21.5. The maximum Gasteiger partial charge on any atom is 0.271 e. The van der Waals surface area contributed by atoms with E-state index in [0.717, 1.165) is 55.6 Å². The summed E-state index contributed by atoms with van der Waals surface area (Å²) in [4.78, 5) is 79.7. The van der Waals surface area contributed by atoms with E-state index in [1.807, 2.05) is 76.2 Å². The molecule has 0 bridgehead atoms. The minimum absolute atomic E-state index is 0.0405. The number of amides is 4. The summed E-state index contributed by atoms with van der Waals surface area (Å²) in [5.74, 6) is -1.41. The number of hydrogen-bond acceptors (Lipinski definition) is 10. The molecule has 0 spiro atoms. The molecule has 0 unspecified atom stereocenters. The average molecular weight is 869 g/mol. The van der Waals surface area contributed by atoms with Gasteiger partial charge in [-0.25, -0.2) is 4.98 Å². The van der Waals surface area contributed by atoms with E-state index in [1.165, 1.54) is 9.80 Å². The number of benzene rings is 4. The van der Waals surface area contributed by atoms with Crippen LogP contribution in [-0.2, 0) is 71.0 Å². The Morgan fingerprint density at radius 2 is 1.06 bits per heavy atom. The summed E-state index contributed by atoms with van der Waals surface area (Å²) in [6.07, 6.45) is 0.958. The molecule has 64 heavy (non-hydrogen) atoms. The second kappa shape index (κ2) is 18.9. The lowest BCUT2D eigenvalue weighted by atomic mass is 9.91. The molecule has 334 valence electrons. The second-order valence-corrected chi connectivity index (χ2v) is 17.2. The zero-order valence-corrected chi connectivity index (χ0v) is 36.8. The van der Waals surface area contributed by atoms with Gasteiger partial charge in [0.25, 0.3) is 5.56 Å². The lowest BCUT2D eigenvalue weighted by Crippen LogP contribution is -2.56. The molecule has 5 aromatic rings. The van der Waals surface area contributed by atoms with Crippen LogP contribution in [0.2, 0.25) is 0 Å². The van der Waals surface area contributed by atoms with Gasteiger partial charge in [0.15, 0.2) is 0 Å². The molecule has 0 radical (unpaired) electrons. The number of H-pyrrole nitrogens is 1. The SMILES string of the molecule is Cc1cc(O)cc(C)c1C[C@H](N)C(=O)N1Cc2ccccc2C[C@H]1C(=O)NCc1[nH]c(=O)c(CNC(=O)[C@@H]2Cc3ccccc3CN2C(=O)[C@@H](N)Cc2c(C)cc(O)cc2C)nc1C. The maximum absolute atomic E-state index is 14.0. The van der Waals surface area contributed by atoms with Gasteiger partial charge in [-0.05, 0) is 127 Å². The van der Waals surface area contributed by atoms with E-state index in [2.05, 4.69) is 20.6 Å². The molecular formula is C49H56N8O7. The maximum atomic E-state index is 14.0. The van der Waals surface area contributed by atoms with Gasteiger partial charge in [0, 0.05) is 25.9 Å². The van der Waals surface area contributed by atoms with Gasteiger partial charge in [-0.2, -0.15) is 0 Å². The van der Waals surface area contributed by atoms with Gasteiger partial charge in [0.2, 0.25) is 23.6 Å². The van der Waals surface area contributed by atoms with Crippen molar-refractivity contribution in [2.75, 3.05) is 0 Å². The molecule has 0 fully saturated rings. The number of carbonyl (C=O) groups is 4. The molecule has 15 nitrogen and oxygen atoms in total. The minimum atomic E-state index is -0.956. The van der Waals surface area contributed by atoms with Gasteiger partial charge in [-0.3, -0.25) is 24.0 Å². The van der Waals surface area contributed by atoms with Crippen molar-refractivity contribution in [3.8, 4) is 11.5 Å². The number of phenols is 2. The van der Waals surface area contributed by atoms with Crippen molar-refractivity contribution >= 4 is 23.6 Å². The molecule has 4 aromatic carbocycles. The van der Waals surface area contributed by atoms with E-state index in [9.17, 15) is 34.2 Å². The normalized spacial score (nSPS) is 16.6. The number of aromatic hydroxyl groups is 2. The van der Waals surface area contributed by atoms with Crippen molar-refractivity contribution in [1.29, 1.82) is 0 Å². The van der Waals surface area contributed by atoms with E-state index >= 15 is 0 Å². The lowest BCUT2D eigenvalue weighted by Gasteiger charge is -2.37. The lowest BCUT2D eigenvalue weighted by molar-refractivity contribution is -0.143. The third-order valence-corrected chi connectivity index (χ3v) is 12.6. The monoisotopic (exact) mass is 868 g/mol. The predicted octanol–water partition coefficient (Wildman–Crippen LogP) is 3.00. The topological polar surface area (TPSA) is 237 Å². The Morgan fingerprint density at radius 3 is 1.48 bits per heavy atom. The standard InChI is InChI=1S/C49H56N8O7/c1-26-14-35(58)15-27(2)37(26)20-39(50)48(63)56-24-33-12-8-6-10-31(33)18-43(56)46(61)52-22-41-30(5)54-42(45(60)55-41)23-53-47(62)44-19-32-11-7-9-13-34(32)25-57(44)49(64)40(51)21-38-28(3)16-36(59)17-29(38)4/h6-17,39-40,43-44,58-59H,18-25,50-51H2,1-5H3,(H,52,61)(H,53,62)(H,55,60)/t39-,40-,43-,44-/m0/s1. The summed E-state index contributed by atoms with van der Waals surface area (Å²) >= 11 is 0. The molecule has 2 aliphatic heterocycles. The second-order valence-electron chi connectivity index (χ2n) is 17.2. The van der Waals surface area contributed by atoms with Crippen molar-refractivity contribution in [2.45, 2.75) is 111 Å². The number of nitrogens with zero attached hydrogens (tertiary/aromatic N) is 3. The zero-order chi connectivity index (χ0) is 46.0. The Kier molecular flexibility index (Phi) is 13.3. The zero-order valence-electron chi connectivity index (χ0n) is 36.8. The Labute approximate surface area is 371 Å². The number of aromatic nitrogens is 2. The molecule has 7 rings (SSSR count). The van der Waals surface area contributed by atoms with Crippen molar-refractivity contribution in [3.05, 3.63) is 156 Å². The van der Waals surface area contributed by atoms with E-state index in [4.69, 9.17) is 11.5 Å². The van der Waals surface area contributed by atoms with Gasteiger partial charge < -0.3 is 47.1 Å². The highest BCUT2D eigenvalue weighted by molar-refractivity contribution is 5.91. The Bertz CT molecular complexity index is 2650. The minimum Gasteiger partial charge on any atom is -0.508 e. The van der Waals surface area contributed by atoms with Crippen molar-refractivity contribution < 1.29 is 29.4 Å². The number of phenolic OH excluding ortho intramolecular Hbond substituents is 2. The van der Waals surface area contributed by atoms with Gasteiger partial charge in [-0.1, -0.05) is 48.5 Å². The predicted molar refractivity (Wildman–Crippen MR) is 241 cm³/mol. The number of rotatable bonds is 12. The van der Waals surface area contributed by atoms with E-state index in [1.54, 1.807) is 31.2 Å². The van der Waals surface area contributed by atoms with Crippen LogP contribution in [-0.4, -0.2) is 77.8 Å². The van der Waals surface area contributed by atoms with Gasteiger partial charge >= 0.3 is 0 Å². The molecule has 3 heterocycles. The summed E-state index contributed by atoms with van der Waals surface area (Å²) in [5.41, 5.74) is 22.0. The van der Waals surface area contributed by atoms with E-state index < -0.39 is 47.4 Å². The van der Waals surface area contributed by atoms with Crippen molar-refractivity contribution in [3.63, 3.8) is 0 Å². The average Bonchev–Trinajstić information content (AvgIpc) is 3.26. The van der Waals surface area contributed by atoms with E-state index in [0.29, 0.717) is 11.4 Å². The fourth-order valence-corrected chi connectivity index (χ4v) is 9.10. The largest absolute Gasteiger partial charge is 0.508 e. The Hall–Kier alpha value is -6.84. The highest BCUT2D eigenvalue weighted by atomic mass is 16.3. The third-order valence-electron chi connectivity index (χ3n) is 12.6. The highest BCUT2D eigenvalue weighted by Gasteiger charge is 2.38. The molecule has 2 aliphatic rings. The summed E-state index contributed by atoms with van der Waals surface area (Å²) < 4.78 is 0. The molecule has 1 aromatic heterocycles. The number of hydrogen-bond donors (Lipinski definition) is 7. The van der Waals surface area contributed by atoms with Gasteiger partial charge in [-0.15, -0.1) is 0 Å². The molecular weight excluding hydrogens is 813 g/mol. The molecule has 0 aliphatic carbocycles. The van der Waals surface area contributed by atoms with Crippen LogP contribution in [0.25, 0.3) is 0 Å². The first-order chi connectivity index (χ1) is 30.5. The third kappa shape index (κ3) is 9.70. The highest BCUT2D eigenvalue weighted by Crippen LogP contribution is 2.28. The fraction of sp³-hybridized carbons (Fsp3) is 0.347. The molecule has 4 atom stereocenters. The van der Waals surface area contributed by atoms with Gasteiger partial charge in [0.1, 0.15) is 29.3 Å². The number of aryl methyl sites for hydroxylation is 5. The van der Waals surface area contributed by atoms with Crippen LogP contribution in [0.5, 0.6) is 11.5 Å². The number of fused-ring (bicyclic) bond motifs is 2. The summed E-state index contributed by atoms with van der Waals surface area (Å²) in [6, 6.07) is 18.1. The molecule has 0 saturated heterocycles. The van der Waals surface area contributed by atoms with Crippen LogP contribution in [0.3, 0.4) is 0 Å². The quantitative estimate of drug-likeness (QED) is 0.0968. The van der Waals surface area contributed by atoms with Crippen LogP contribution in [0.15, 0.2) is 77.6 Å². The summed E-state index contributed by atoms with van der Waals surface area (Å²) in [7, 11) is 0. The number of nitrogens with one attached hydrogen (secondary N) is 3.